The Hall–Kier alpha value is -1.46. The third-order valence-corrected chi connectivity index (χ3v) is 3.69. The first-order valence-corrected chi connectivity index (χ1v) is 6.57. The maximum Gasteiger partial charge on any atom is 0.219 e. The Kier molecular flexibility index (Phi) is 4.50. The first-order chi connectivity index (χ1) is 9.13. The summed E-state index contributed by atoms with van der Waals surface area (Å²) < 4.78 is 13.8. The van der Waals surface area contributed by atoms with Crippen LogP contribution < -0.4 is 5.73 Å². The van der Waals surface area contributed by atoms with Crippen LogP contribution in [0.2, 0.25) is 0 Å². The molecule has 1 aromatic rings. The first-order valence-electron chi connectivity index (χ1n) is 6.57. The molecular formula is C14H20FN3O. The highest BCUT2D eigenvalue weighted by Crippen LogP contribution is 2.23. The highest BCUT2D eigenvalue weighted by Gasteiger charge is 2.26. The second-order valence-electron chi connectivity index (χ2n) is 4.82. The maximum absolute atomic E-state index is 13.8. The second kappa shape index (κ2) is 6.12. The Balaban J connectivity index is 2.08. The Labute approximate surface area is 113 Å². The smallest absolute Gasteiger partial charge is 0.219 e. The van der Waals surface area contributed by atoms with E-state index >= 15 is 0 Å². The molecule has 2 N–H and O–H groups in total. The Bertz CT molecular complexity index is 444. The molecule has 2 rings (SSSR count). The average molecular weight is 265 g/mol. The van der Waals surface area contributed by atoms with Crippen LogP contribution in [0.4, 0.5) is 4.39 Å². The van der Waals surface area contributed by atoms with Crippen LogP contribution in [0, 0.1) is 5.82 Å². The maximum atomic E-state index is 13.8. The van der Waals surface area contributed by atoms with Crippen molar-refractivity contribution in [3.63, 3.8) is 0 Å². The minimum absolute atomic E-state index is 0.0924. The molecule has 0 bridgehead atoms. The van der Waals surface area contributed by atoms with Gasteiger partial charge in [0.15, 0.2) is 0 Å². The molecule has 104 valence electrons. The molecule has 19 heavy (non-hydrogen) atoms. The van der Waals surface area contributed by atoms with Gasteiger partial charge < -0.3 is 10.6 Å². The monoisotopic (exact) mass is 265 g/mol. The summed E-state index contributed by atoms with van der Waals surface area (Å²) in [6, 6.07) is 6.64. The minimum atomic E-state index is -0.216. The van der Waals surface area contributed by atoms with E-state index in [9.17, 15) is 9.18 Å². The molecule has 1 fully saturated rings. The summed E-state index contributed by atoms with van der Waals surface area (Å²) in [4.78, 5) is 15.3. The van der Waals surface area contributed by atoms with Gasteiger partial charge in [-0.05, 0) is 6.07 Å². The molecule has 5 heteroatoms. The summed E-state index contributed by atoms with van der Waals surface area (Å²) in [6.07, 6.45) is 0. The standard InChI is InChI=1S/C14H20FN3O/c1-11(19)17-6-8-18(9-7-17)14(10-16)12-4-2-3-5-13(12)15/h2-5,14H,6-10,16H2,1H3. The topological polar surface area (TPSA) is 49.6 Å². The van der Waals surface area contributed by atoms with Crippen LogP contribution in [0.3, 0.4) is 0 Å². The lowest BCUT2D eigenvalue weighted by Gasteiger charge is -2.38. The van der Waals surface area contributed by atoms with Crippen LogP contribution >= 0.6 is 0 Å². The van der Waals surface area contributed by atoms with Crippen LogP contribution in [0.25, 0.3) is 0 Å². The molecule has 1 heterocycles. The average Bonchev–Trinajstić information content (AvgIpc) is 2.42. The predicted octanol–water partition coefficient (Wildman–Crippen LogP) is 0.990. The summed E-state index contributed by atoms with van der Waals surface area (Å²) in [6.45, 7) is 4.78. The quantitative estimate of drug-likeness (QED) is 0.886. The minimum Gasteiger partial charge on any atom is -0.340 e. The fraction of sp³-hybridized carbons (Fsp3) is 0.500. The first kappa shape index (κ1) is 14.0. The van der Waals surface area contributed by atoms with Crippen molar-refractivity contribution in [3.8, 4) is 0 Å². The van der Waals surface area contributed by atoms with Crippen molar-refractivity contribution >= 4 is 5.91 Å². The number of halogens is 1. The SMILES string of the molecule is CC(=O)N1CCN(C(CN)c2ccccc2F)CC1. The number of carbonyl (C=O) groups excluding carboxylic acids is 1. The van der Waals surface area contributed by atoms with Gasteiger partial charge in [0, 0.05) is 45.2 Å². The van der Waals surface area contributed by atoms with Gasteiger partial charge in [-0.3, -0.25) is 9.69 Å². The highest BCUT2D eigenvalue weighted by molar-refractivity contribution is 5.73. The number of hydrogen-bond donors (Lipinski definition) is 1. The normalized spacial score (nSPS) is 18.4. The van der Waals surface area contributed by atoms with Crippen molar-refractivity contribution in [2.45, 2.75) is 13.0 Å². The molecule has 1 aliphatic rings. The van der Waals surface area contributed by atoms with E-state index in [2.05, 4.69) is 4.90 Å². The summed E-state index contributed by atoms with van der Waals surface area (Å²) in [5, 5.41) is 0. The molecule has 0 saturated carbocycles. The van der Waals surface area contributed by atoms with E-state index in [4.69, 9.17) is 5.73 Å². The number of carbonyl (C=O) groups is 1. The predicted molar refractivity (Wildman–Crippen MR) is 72.0 cm³/mol. The molecule has 0 aromatic heterocycles. The van der Waals surface area contributed by atoms with E-state index in [0.29, 0.717) is 25.2 Å². The third-order valence-electron chi connectivity index (χ3n) is 3.69. The van der Waals surface area contributed by atoms with Gasteiger partial charge in [0.2, 0.25) is 5.91 Å². The van der Waals surface area contributed by atoms with Crippen molar-refractivity contribution in [2.75, 3.05) is 32.7 Å². The van der Waals surface area contributed by atoms with Crippen LogP contribution in [-0.4, -0.2) is 48.4 Å². The van der Waals surface area contributed by atoms with E-state index in [1.165, 1.54) is 6.07 Å². The third kappa shape index (κ3) is 3.11. The molecule has 1 unspecified atom stereocenters. The molecule has 4 nitrogen and oxygen atoms in total. The Morgan fingerprint density at radius 2 is 1.95 bits per heavy atom. The van der Waals surface area contributed by atoms with Crippen molar-refractivity contribution in [1.29, 1.82) is 0 Å². The molecule has 0 radical (unpaired) electrons. The molecule has 1 atom stereocenters. The van der Waals surface area contributed by atoms with Gasteiger partial charge in [-0.25, -0.2) is 4.39 Å². The number of piperazine rings is 1. The van der Waals surface area contributed by atoms with Crippen LogP contribution in [-0.2, 0) is 4.79 Å². The fourth-order valence-electron chi connectivity index (χ4n) is 2.57. The van der Waals surface area contributed by atoms with Crippen LogP contribution in [0.15, 0.2) is 24.3 Å². The van der Waals surface area contributed by atoms with Crippen molar-refractivity contribution < 1.29 is 9.18 Å². The highest BCUT2D eigenvalue weighted by atomic mass is 19.1. The Morgan fingerprint density at radius 3 is 2.47 bits per heavy atom. The number of nitrogens with two attached hydrogens (primary N) is 1. The number of amides is 1. The molecule has 0 aliphatic carbocycles. The van der Waals surface area contributed by atoms with Crippen molar-refractivity contribution in [1.82, 2.24) is 9.80 Å². The van der Waals surface area contributed by atoms with E-state index < -0.39 is 0 Å². The van der Waals surface area contributed by atoms with Gasteiger partial charge in [0.25, 0.3) is 0 Å². The van der Waals surface area contributed by atoms with Gasteiger partial charge in [0.05, 0.1) is 6.04 Å². The van der Waals surface area contributed by atoms with Crippen LogP contribution in [0.5, 0.6) is 0 Å². The van der Waals surface area contributed by atoms with Crippen LogP contribution in [0.1, 0.15) is 18.5 Å². The number of rotatable bonds is 3. The van der Waals surface area contributed by atoms with E-state index in [-0.39, 0.29) is 17.8 Å². The lowest BCUT2D eigenvalue weighted by atomic mass is 10.0. The lowest BCUT2D eigenvalue weighted by Crippen LogP contribution is -2.50. The lowest BCUT2D eigenvalue weighted by molar-refractivity contribution is -0.130. The zero-order valence-electron chi connectivity index (χ0n) is 11.2. The zero-order valence-corrected chi connectivity index (χ0v) is 11.2. The van der Waals surface area contributed by atoms with Gasteiger partial charge in [-0.2, -0.15) is 0 Å². The summed E-state index contributed by atoms with van der Waals surface area (Å²) in [5.74, 6) is -0.123. The second-order valence-corrected chi connectivity index (χ2v) is 4.82. The molecule has 1 aliphatic heterocycles. The number of nitrogens with zero attached hydrogens (tertiary/aromatic N) is 2. The molecule has 1 saturated heterocycles. The molecule has 0 spiro atoms. The van der Waals surface area contributed by atoms with Crippen molar-refractivity contribution in [2.24, 2.45) is 5.73 Å². The van der Waals surface area contributed by atoms with E-state index in [1.54, 1.807) is 19.1 Å². The summed E-state index contributed by atoms with van der Waals surface area (Å²) >= 11 is 0. The van der Waals surface area contributed by atoms with E-state index in [1.807, 2.05) is 11.0 Å². The van der Waals surface area contributed by atoms with Gasteiger partial charge in [-0.15, -0.1) is 0 Å². The zero-order chi connectivity index (χ0) is 13.8. The van der Waals surface area contributed by atoms with E-state index in [0.717, 1.165) is 13.1 Å². The van der Waals surface area contributed by atoms with Crippen molar-refractivity contribution in [3.05, 3.63) is 35.6 Å². The van der Waals surface area contributed by atoms with Gasteiger partial charge in [0.1, 0.15) is 5.82 Å². The Morgan fingerprint density at radius 1 is 1.32 bits per heavy atom. The largest absolute Gasteiger partial charge is 0.340 e. The summed E-state index contributed by atoms with van der Waals surface area (Å²) in [7, 11) is 0. The van der Waals surface area contributed by atoms with Gasteiger partial charge in [-0.1, -0.05) is 18.2 Å². The number of hydrogen-bond acceptors (Lipinski definition) is 3. The summed E-state index contributed by atoms with van der Waals surface area (Å²) in [5.41, 5.74) is 6.45. The molecule has 1 amide bonds. The fourth-order valence-corrected chi connectivity index (χ4v) is 2.57. The molecule has 1 aromatic carbocycles. The number of benzene rings is 1. The van der Waals surface area contributed by atoms with Gasteiger partial charge >= 0.3 is 0 Å². The molecular weight excluding hydrogens is 245 g/mol.